The summed E-state index contributed by atoms with van der Waals surface area (Å²) in [6.07, 6.45) is 0. The molecule has 0 spiro atoms. The van der Waals surface area contributed by atoms with E-state index in [-0.39, 0.29) is 10.5 Å². The number of ketones is 1. The molecule has 0 fully saturated rings. The normalized spacial score (nSPS) is 10.6. The Kier molecular flexibility index (Phi) is 3.89. The van der Waals surface area contributed by atoms with E-state index in [1.807, 2.05) is 0 Å². The van der Waals surface area contributed by atoms with Gasteiger partial charge in [-0.25, -0.2) is 8.42 Å². The number of nitrogens with zero attached hydrogens (tertiary/aromatic N) is 2. The number of carbonyl (C=O) groups excluding carboxylic acids is 1. The molecule has 0 atom stereocenters. The van der Waals surface area contributed by atoms with E-state index < -0.39 is 20.7 Å². The van der Waals surface area contributed by atoms with Gasteiger partial charge in [-0.15, -0.1) is 4.79 Å². The maximum Gasteiger partial charge on any atom is 0.456 e. The van der Waals surface area contributed by atoms with Crippen molar-refractivity contribution in [1.82, 2.24) is 0 Å². The molecular weight excluding hydrogens is 276 g/mol. The third-order valence-electron chi connectivity index (χ3n) is 2.63. The SMILES string of the molecule is [N-]=[N+]=C(C(=O)c1ccccc1)S(=O)(=O)c1ccccc1. The molecule has 0 aliphatic carbocycles. The lowest BCUT2D eigenvalue weighted by Gasteiger charge is -1.99. The van der Waals surface area contributed by atoms with Gasteiger partial charge >= 0.3 is 5.04 Å². The molecule has 6 heteroatoms. The standard InChI is InChI=1S/C14H10N2O3S/c15-16-14(13(17)11-7-3-1-4-8-11)20(18,19)12-9-5-2-6-10-12/h1-10H. The minimum atomic E-state index is -4.15. The van der Waals surface area contributed by atoms with Crippen molar-refractivity contribution in [2.24, 2.45) is 0 Å². The van der Waals surface area contributed by atoms with Crippen LogP contribution in [-0.4, -0.2) is 24.0 Å². The second kappa shape index (κ2) is 5.61. The summed E-state index contributed by atoms with van der Waals surface area (Å²) < 4.78 is 24.5. The summed E-state index contributed by atoms with van der Waals surface area (Å²) in [5.74, 6) is -0.850. The van der Waals surface area contributed by atoms with E-state index in [9.17, 15) is 13.2 Å². The summed E-state index contributed by atoms with van der Waals surface area (Å²) in [4.78, 5) is 14.7. The highest BCUT2D eigenvalue weighted by atomic mass is 32.2. The summed E-state index contributed by atoms with van der Waals surface area (Å²) in [7, 11) is -4.15. The highest BCUT2D eigenvalue weighted by molar-refractivity contribution is 8.08. The lowest BCUT2D eigenvalue weighted by Crippen LogP contribution is -2.25. The molecule has 0 aromatic heterocycles. The summed E-state index contributed by atoms with van der Waals surface area (Å²) in [6.45, 7) is 0. The van der Waals surface area contributed by atoms with Crippen molar-refractivity contribution in [3.63, 3.8) is 0 Å². The van der Waals surface area contributed by atoms with E-state index in [2.05, 4.69) is 4.79 Å². The van der Waals surface area contributed by atoms with Gasteiger partial charge in [-0.2, -0.15) is 0 Å². The van der Waals surface area contributed by atoms with Crippen molar-refractivity contribution in [3.05, 3.63) is 71.8 Å². The van der Waals surface area contributed by atoms with E-state index in [4.69, 9.17) is 5.53 Å². The van der Waals surface area contributed by atoms with Gasteiger partial charge in [0.05, 0.1) is 4.90 Å². The Bertz CT molecular complexity index is 778. The second-order valence-electron chi connectivity index (χ2n) is 3.92. The molecule has 0 radical (unpaired) electrons. The number of carbonyl (C=O) groups is 1. The van der Waals surface area contributed by atoms with Gasteiger partial charge in [0.1, 0.15) is 0 Å². The topological polar surface area (TPSA) is 87.6 Å². The molecule has 0 saturated carbocycles. The van der Waals surface area contributed by atoms with Crippen LogP contribution in [0.1, 0.15) is 10.4 Å². The minimum absolute atomic E-state index is 0.0999. The molecule has 2 aromatic carbocycles. The predicted molar refractivity (Wildman–Crippen MR) is 73.0 cm³/mol. The fraction of sp³-hybridized carbons (Fsp3) is 0. The fourth-order valence-electron chi connectivity index (χ4n) is 1.65. The van der Waals surface area contributed by atoms with E-state index in [0.717, 1.165) is 0 Å². The molecule has 2 aromatic rings. The quantitative estimate of drug-likeness (QED) is 0.284. The summed E-state index contributed by atoms with van der Waals surface area (Å²) in [5.41, 5.74) is 9.08. The molecule has 0 N–H and O–H groups in total. The molecule has 0 saturated heterocycles. The number of Topliss-reactive ketones (excluding diaryl/α,β-unsaturated/α-hetero) is 1. The minimum Gasteiger partial charge on any atom is -0.360 e. The third-order valence-corrected chi connectivity index (χ3v) is 4.30. The van der Waals surface area contributed by atoms with Gasteiger partial charge in [0.25, 0.3) is 15.6 Å². The Labute approximate surface area is 116 Å². The smallest absolute Gasteiger partial charge is 0.360 e. The van der Waals surface area contributed by atoms with Crippen molar-refractivity contribution in [3.8, 4) is 0 Å². The first-order valence-electron chi connectivity index (χ1n) is 5.69. The highest BCUT2D eigenvalue weighted by Crippen LogP contribution is 2.14. The first-order valence-corrected chi connectivity index (χ1v) is 7.17. The Morgan fingerprint density at radius 2 is 1.40 bits per heavy atom. The van der Waals surface area contributed by atoms with E-state index in [1.165, 1.54) is 36.4 Å². The molecule has 100 valence electrons. The van der Waals surface area contributed by atoms with Gasteiger partial charge in [0.2, 0.25) is 0 Å². The van der Waals surface area contributed by atoms with E-state index in [0.29, 0.717) is 0 Å². The van der Waals surface area contributed by atoms with Crippen molar-refractivity contribution >= 4 is 20.7 Å². The molecule has 2 rings (SSSR count). The lowest BCUT2D eigenvalue weighted by atomic mass is 10.1. The highest BCUT2D eigenvalue weighted by Gasteiger charge is 2.37. The van der Waals surface area contributed by atoms with Crippen LogP contribution in [0.15, 0.2) is 65.6 Å². The summed E-state index contributed by atoms with van der Waals surface area (Å²) in [6, 6.07) is 15.1. The Hall–Kier alpha value is -2.56. The molecular formula is C14H10N2O3S. The molecule has 5 nitrogen and oxygen atoms in total. The van der Waals surface area contributed by atoms with Gasteiger partial charge in [-0.1, -0.05) is 48.5 Å². The van der Waals surface area contributed by atoms with Crippen molar-refractivity contribution in [1.29, 1.82) is 0 Å². The Balaban J connectivity index is 2.50. The van der Waals surface area contributed by atoms with Crippen LogP contribution in [0.5, 0.6) is 0 Å². The molecule has 0 unspecified atom stereocenters. The average Bonchev–Trinajstić information content (AvgIpc) is 2.49. The second-order valence-corrected chi connectivity index (χ2v) is 5.78. The van der Waals surface area contributed by atoms with Crippen LogP contribution in [0, 0.1) is 0 Å². The van der Waals surface area contributed by atoms with Gasteiger partial charge in [0, 0.05) is 5.56 Å². The number of hydrogen-bond acceptors (Lipinski definition) is 3. The summed E-state index contributed by atoms with van der Waals surface area (Å²) in [5, 5.41) is -0.894. The Morgan fingerprint density at radius 1 is 0.900 bits per heavy atom. The molecule has 0 aliphatic heterocycles. The first-order chi connectivity index (χ1) is 9.57. The van der Waals surface area contributed by atoms with Crippen LogP contribution in [-0.2, 0) is 9.84 Å². The van der Waals surface area contributed by atoms with E-state index >= 15 is 0 Å². The van der Waals surface area contributed by atoms with Crippen LogP contribution in [0.25, 0.3) is 5.53 Å². The molecule has 0 bridgehead atoms. The zero-order chi connectivity index (χ0) is 14.6. The predicted octanol–water partition coefficient (Wildman–Crippen LogP) is 1.97. The molecule has 0 amide bonds. The van der Waals surface area contributed by atoms with Gasteiger partial charge < -0.3 is 5.53 Å². The lowest BCUT2D eigenvalue weighted by molar-refractivity contribution is -0.00158. The van der Waals surface area contributed by atoms with Crippen molar-refractivity contribution in [2.75, 3.05) is 0 Å². The Morgan fingerprint density at radius 3 is 1.90 bits per heavy atom. The van der Waals surface area contributed by atoms with Gasteiger partial charge in [0.15, 0.2) is 0 Å². The molecule has 0 aliphatic rings. The number of hydrogen-bond donors (Lipinski definition) is 0. The fourth-order valence-corrected chi connectivity index (χ4v) is 2.85. The summed E-state index contributed by atoms with van der Waals surface area (Å²) >= 11 is 0. The van der Waals surface area contributed by atoms with Crippen LogP contribution < -0.4 is 0 Å². The monoisotopic (exact) mass is 286 g/mol. The van der Waals surface area contributed by atoms with Crippen LogP contribution >= 0.6 is 0 Å². The largest absolute Gasteiger partial charge is 0.456 e. The first kappa shape index (κ1) is 13.9. The van der Waals surface area contributed by atoms with E-state index in [1.54, 1.807) is 24.3 Å². The van der Waals surface area contributed by atoms with Crippen LogP contribution in [0.4, 0.5) is 0 Å². The zero-order valence-electron chi connectivity index (χ0n) is 10.3. The molecule has 20 heavy (non-hydrogen) atoms. The zero-order valence-corrected chi connectivity index (χ0v) is 11.1. The van der Waals surface area contributed by atoms with Gasteiger partial charge in [-0.05, 0) is 12.1 Å². The maximum absolute atomic E-state index is 12.3. The van der Waals surface area contributed by atoms with Crippen LogP contribution in [0.3, 0.4) is 0 Å². The number of rotatable bonds is 3. The van der Waals surface area contributed by atoms with Crippen LogP contribution in [0.2, 0.25) is 0 Å². The molecule has 0 heterocycles. The number of benzene rings is 2. The van der Waals surface area contributed by atoms with Gasteiger partial charge in [-0.3, -0.25) is 4.79 Å². The van der Waals surface area contributed by atoms with Crippen molar-refractivity contribution in [2.45, 2.75) is 4.90 Å². The third kappa shape index (κ3) is 2.56. The maximum atomic E-state index is 12.3. The average molecular weight is 286 g/mol. The number of sulfone groups is 1. The van der Waals surface area contributed by atoms with Crippen molar-refractivity contribution < 1.29 is 18.0 Å².